The zero-order valence-electron chi connectivity index (χ0n) is 47.5. The minimum absolute atomic E-state index is 0.0387. The Morgan fingerprint density at radius 3 is 1.44 bits per heavy atom. The number of unbranched alkanes of at least 4 members (excludes halogenated alkanes) is 20. The van der Waals surface area contributed by atoms with Gasteiger partial charge in [-0.1, -0.05) is 214 Å². The summed E-state index contributed by atoms with van der Waals surface area (Å²) >= 11 is 0. The summed E-state index contributed by atoms with van der Waals surface area (Å²) in [6, 6.07) is -0.922. The largest absolute Gasteiger partial charge is 0.756 e. The van der Waals surface area contributed by atoms with Crippen molar-refractivity contribution in [1.29, 1.82) is 0 Å². The van der Waals surface area contributed by atoms with E-state index in [1.54, 1.807) is 0 Å². The third-order valence-electron chi connectivity index (χ3n) is 12.2. The van der Waals surface area contributed by atoms with Gasteiger partial charge in [-0.2, -0.15) is 0 Å². The van der Waals surface area contributed by atoms with E-state index in [1.807, 2.05) is 33.3 Å². The first-order valence-electron chi connectivity index (χ1n) is 29.2. The lowest BCUT2D eigenvalue weighted by molar-refractivity contribution is -0.870. The van der Waals surface area contributed by atoms with E-state index in [2.05, 4.69) is 123 Å². The Bertz CT molecular complexity index is 1620. The summed E-state index contributed by atoms with van der Waals surface area (Å²) in [5.41, 5.74) is 0. The molecule has 0 aliphatic carbocycles. The number of hydrogen-bond donors (Lipinski definition) is 1. The van der Waals surface area contributed by atoms with Gasteiger partial charge >= 0.3 is 5.97 Å². The van der Waals surface area contributed by atoms with Crippen molar-refractivity contribution in [3.05, 3.63) is 109 Å². The van der Waals surface area contributed by atoms with Crippen LogP contribution in [-0.4, -0.2) is 69.4 Å². The molecule has 1 amide bonds. The predicted molar refractivity (Wildman–Crippen MR) is 311 cm³/mol. The topological polar surface area (TPSA) is 114 Å². The molecule has 73 heavy (non-hydrogen) atoms. The van der Waals surface area contributed by atoms with E-state index in [9.17, 15) is 19.0 Å². The lowest BCUT2D eigenvalue weighted by Crippen LogP contribution is -2.47. The van der Waals surface area contributed by atoms with E-state index in [4.69, 9.17) is 13.8 Å². The number of carbonyl (C=O) groups excluding carboxylic acids is 2. The average Bonchev–Trinajstić information content (AvgIpc) is 3.35. The number of amides is 1. The van der Waals surface area contributed by atoms with Crippen molar-refractivity contribution in [3.8, 4) is 0 Å². The molecule has 0 spiro atoms. The van der Waals surface area contributed by atoms with Gasteiger partial charge in [0.25, 0.3) is 7.82 Å². The van der Waals surface area contributed by atoms with Gasteiger partial charge in [0.15, 0.2) is 0 Å². The van der Waals surface area contributed by atoms with Crippen LogP contribution in [0.15, 0.2) is 109 Å². The quantitative estimate of drug-likeness (QED) is 0.0161. The van der Waals surface area contributed by atoms with Gasteiger partial charge in [-0.25, -0.2) is 0 Å². The highest BCUT2D eigenvalue weighted by Crippen LogP contribution is 2.38. The monoisotopic (exact) mass is 1040 g/mol. The first-order chi connectivity index (χ1) is 35.4. The number of rotatable bonds is 51. The second kappa shape index (κ2) is 52.1. The van der Waals surface area contributed by atoms with Gasteiger partial charge in [0.1, 0.15) is 19.3 Å². The Morgan fingerprint density at radius 1 is 0.507 bits per heavy atom. The number of quaternary nitrogens is 1. The second-order valence-electron chi connectivity index (χ2n) is 20.4. The van der Waals surface area contributed by atoms with Crippen LogP contribution in [0.1, 0.15) is 226 Å². The molecule has 0 heterocycles. The van der Waals surface area contributed by atoms with Crippen LogP contribution < -0.4 is 10.2 Å². The number of esters is 1. The van der Waals surface area contributed by atoms with Crippen molar-refractivity contribution >= 4 is 19.7 Å². The van der Waals surface area contributed by atoms with Gasteiger partial charge in [0.2, 0.25) is 5.91 Å². The Morgan fingerprint density at radius 2 is 0.918 bits per heavy atom. The van der Waals surface area contributed by atoms with Crippen LogP contribution in [0.3, 0.4) is 0 Å². The minimum atomic E-state index is -4.72. The van der Waals surface area contributed by atoms with Crippen molar-refractivity contribution in [1.82, 2.24) is 5.32 Å². The molecule has 1 N–H and O–H groups in total. The SMILES string of the molecule is CC/C=C\C/C=C\C/C=C\C/C=C\C/C=C\C/C=C\CCCCC(=O)NC(COP(=O)([O-])OCC[N+](C)(C)C)C(/C=C\CCCCCCCCCCC)OC(=O)CCCCCCCC/C=C/C=C/CCCCC. The molecule has 0 aliphatic heterocycles. The van der Waals surface area contributed by atoms with Crippen molar-refractivity contribution in [2.45, 2.75) is 238 Å². The number of ether oxygens (including phenoxy) is 1. The van der Waals surface area contributed by atoms with Crippen LogP contribution in [0.4, 0.5) is 0 Å². The van der Waals surface area contributed by atoms with E-state index >= 15 is 0 Å². The summed E-state index contributed by atoms with van der Waals surface area (Å²) in [6.07, 6.45) is 70.6. The molecule has 0 fully saturated rings. The minimum Gasteiger partial charge on any atom is -0.756 e. The molecule has 418 valence electrons. The van der Waals surface area contributed by atoms with Gasteiger partial charge < -0.3 is 28.5 Å². The van der Waals surface area contributed by atoms with Crippen LogP contribution in [-0.2, 0) is 27.9 Å². The summed E-state index contributed by atoms with van der Waals surface area (Å²) in [4.78, 5) is 39.9. The molecule has 0 aromatic heterocycles. The summed E-state index contributed by atoms with van der Waals surface area (Å²) in [7, 11) is 1.13. The van der Waals surface area contributed by atoms with Crippen molar-refractivity contribution in [2.75, 3.05) is 40.9 Å². The standard InChI is InChI=1S/C63H109N2O7P/c1-7-10-13-16-19-22-25-27-29-30-31-32-33-34-36-37-40-43-46-49-52-55-62(66)64-60(59-71-73(68,69)70-58-57-65(4,5)6)61(54-51-48-45-42-39-24-21-18-15-12-9-3)72-63(67)56-53-50-47-44-41-38-35-28-26-23-20-17-14-11-8-2/h10,13,19-20,22-23,26-29,31-32,34,36,40,43,51,54,60-61H,7-9,11-12,14-18,21,24-25,30,33,35,37-39,41-42,44-50,52-53,55-59H2,1-6H3,(H-,64,66,68,69)/b13-10-,22-19-,23-20+,28-26+,29-27-,32-31-,36-34-,43-40-,54-51-. The normalized spacial score (nSPS) is 14.6. The zero-order valence-corrected chi connectivity index (χ0v) is 48.4. The average molecular weight is 1040 g/mol. The molecule has 0 aromatic carbocycles. The Labute approximate surface area is 449 Å². The number of nitrogens with zero attached hydrogens (tertiary/aromatic N) is 1. The van der Waals surface area contributed by atoms with E-state index < -0.39 is 26.6 Å². The Balaban J connectivity index is 5.39. The van der Waals surface area contributed by atoms with E-state index in [0.29, 0.717) is 23.9 Å². The molecule has 0 saturated heterocycles. The first kappa shape index (κ1) is 69.7. The molecule has 3 atom stereocenters. The van der Waals surface area contributed by atoms with Crippen LogP contribution in [0.5, 0.6) is 0 Å². The molecule has 0 bridgehead atoms. The summed E-state index contributed by atoms with van der Waals surface area (Å²) < 4.78 is 30.2. The molecular formula is C63H109N2O7P. The maximum atomic E-state index is 13.5. The van der Waals surface area contributed by atoms with Crippen molar-refractivity contribution < 1.29 is 37.3 Å². The number of nitrogens with one attached hydrogen (secondary N) is 1. The van der Waals surface area contributed by atoms with Gasteiger partial charge in [0, 0.05) is 12.8 Å². The summed E-state index contributed by atoms with van der Waals surface area (Å²) in [5.74, 6) is -0.614. The zero-order chi connectivity index (χ0) is 53.6. The molecule has 0 radical (unpaired) electrons. The van der Waals surface area contributed by atoms with E-state index in [0.717, 1.165) is 116 Å². The predicted octanol–water partition coefficient (Wildman–Crippen LogP) is 17.1. The molecule has 10 heteroatoms. The highest BCUT2D eigenvalue weighted by molar-refractivity contribution is 7.45. The van der Waals surface area contributed by atoms with Crippen LogP contribution in [0.2, 0.25) is 0 Å². The number of likely N-dealkylation sites (N-methyl/N-ethyl adjacent to an activating group) is 1. The fourth-order valence-electron chi connectivity index (χ4n) is 7.69. The summed E-state index contributed by atoms with van der Waals surface area (Å²) in [5, 5.41) is 2.99. The second-order valence-corrected chi connectivity index (χ2v) is 21.8. The smallest absolute Gasteiger partial charge is 0.306 e. The van der Waals surface area contributed by atoms with Gasteiger partial charge in [-0.05, 0) is 109 Å². The van der Waals surface area contributed by atoms with Crippen LogP contribution in [0.25, 0.3) is 0 Å². The number of allylic oxidation sites excluding steroid dienone is 17. The molecule has 0 aromatic rings. The highest BCUT2D eigenvalue weighted by atomic mass is 31.2. The molecule has 3 unspecified atom stereocenters. The Kier molecular flexibility index (Phi) is 49.7. The third-order valence-corrected chi connectivity index (χ3v) is 13.2. The van der Waals surface area contributed by atoms with Gasteiger partial charge in [-0.15, -0.1) is 0 Å². The number of phosphoric ester groups is 1. The first-order valence-corrected chi connectivity index (χ1v) is 30.7. The number of carbonyl (C=O) groups is 2. The number of hydrogen-bond acceptors (Lipinski definition) is 7. The molecule has 0 aliphatic rings. The molecular weight excluding hydrogens is 928 g/mol. The highest BCUT2D eigenvalue weighted by Gasteiger charge is 2.27. The van der Waals surface area contributed by atoms with Gasteiger partial charge in [0.05, 0.1) is 33.8 Å². The van der Waals surface area contributed by atoms with E-state index in [-0.39, 0.29) is 31.3 Å². The van der Waals surface area contributed by atoms with Gasteiger partial charge in [-0.3, -0.25) is 14.2 Å². The van der Waals surface area contributed by atoms with Crippen LogP contribution >= 0.6 is 7.82 Å². The molecule has 0 saturated carbocycles. The summed E-state index contributed by atoms with van der Waals surface area (Å²) in [6.45, 7) is 6.63. The van der Waals surface area contributed by atoms with Crippen molar-refractivity contribution in [2.24, 2.45) is 0 Å². The molecule has 9 nitrogen and oxygen atoms in total. The lowest BCUT2D eigenvalue weighted by Gasteiger charge is -2.30. The third kappa shape index (κ3) is 53.3. The lowest BCUT2D eigenvalue weighted by atomic mass is 10.1. The van der Waals surface area contributed by atoms with E-state index in [1.165, 1.54) is 64.2 Å². The Hall–Kier alpha value is -3.33. The van der Waals surface area contributed by atoms with Crippen molar-refractivity contribution in [3.63, 3.8) is 0 Å². The fourth-order valence-corrected chi connectivity index (χ4v) is 8.41. The maximum Gasteiger partial charge on any atom is 0.306 e. The fraction of sp³-hybridized carbons (Fsp3) is 0.683. The maximum absolute atomic E-state index is 13.5. The van der Waals surface area contributed by atoms with Crippen LogP contribution in [0, 0.1) is 0 Å². The number of phosphoric acid groups is 1. The molecule has 0 rings (SSSR count).